The van der Waals surface area contributed by atoms with Crippen molar-refractivity contribution in [2.24, 2.45) is 0 Å². The number of pyridine rings is 1. The molecule has 0 amide bonds. The molecule has 0 aromatic carbocycles. The predicted octanol–water partition coefficient (Wildman–Crippen LogP) is 0.880. The summed E-state index contributed by atoms with van der Waals surface area (Å²) in [6.07, 6.45) is 2.82. The van der Waals surface area contributed by atoms with Crippen LogP contribution >= 0.6 is 0 Å². The smallest absolute Gasteiger partial charge is 0.141 e. The van der Waals surface area contributed by atoms with Gasteiger partial charge in [-0.25, -0.2) is 4.39 Å². The molecular weight excluding hydrogens is 211 g/mol. The highest BCUT2D eigenvalue weighted by atomic mass is 19.1. The number of aliphatic hydroxyl groups excluding tert-OH is 1. The van der Waals surface area contributed by atoms with Crippen LogP contribution < -0.4 is 5.32 Å². The van der Waals surface area contributed by atoms with Crippen LogP contribution in [0.25, 0.3) is 0 Å². The molecule has 0 fully saturated rings. The molecule has 0 saturated heterocycles. The Kier molecular flexibility index (Phi) is 5.92. The highest BCUT2D eigenvalue weighted by Crippen LogP contribution is 2.11. The van der Waals surface area contributed by atoms with E-state index in [0.29, 0.717) is 19.8 Å². The Balaban J connectivity index is 2.27. The Hall–Kier alpha value is -1.04. The van der Waals surface area contributed by atoms with E-state index in [1.165, 1.54) is 12.3 Å². The average Bonchev–Trinajstić information content (AvgIpc) is 2.28. The van der Waals surface area contributed by atoms with Gasteiger partial charge in [0.15, 0.2) is 0 Å². The lowest BCUT2D eigenvalue weighted by Crippen LogP contribution is -2.24. The zero-order valence-corrected chi connectivity index (χ0v) is 9.32. The first kappa shape index (κ1) is 13.0. The molecule has 0 bridgehead atoms. The number of ether oxygens (including phenoxy) is 1. The molecule has 16 heavy (non-hydrogen) atoms. The molecule has 0 aliphatic rings. The molecule has 1 aromatic rings. The summed E-state index contributed by atoms with van der Waals surface area (Å²) in [6.45, 7) is 3.48. The van der Waals surface area contributed by atoms with Gasteiger partial charge in [0.2, 0.25) is 0 Å². The van der Waals surface area contributed by atoms with E-state index in [4.69, 9.17) is 9.84 Å². The molecule has 1 atom stereocenters. The van der Waals surface area contributed by atoms with E-state index < -0.39 is 0 Å². The largest absolute Gasteiger partial charge is 0.394 e. The fourth-order valence-corrected chi connectivity index (χ4v) is 1.30. The van der Waals surface area contributed by atoms with Gasteiger partial charge in [0.25, 0.3) is 0 Å². The van der Waals surface area contributed by atoms with Gasteiger partial charge in [-0.1, -0.05) is 0 Å². The van der Waals surface area contributed by atoms with Crippen molar-refractivity contribution in [2.75, 3.05) is 26.4 Å². The Morgan fingerprint density at radius 2 is 2.31 bits per heavy atom. The summed E-state index contributed by atoms with van der Waals surface area (Å²) in [4.78, 5) is 3.78. The van der Waals surface area contributed by atoms with Gasteiger partial charge in [0.05, 0.1) is 26.0 Å². The number of nitrogens with one attached hydrogen (secondary N) is 1. The maximum Gasteiger partial charge on any atom is 0.141 e. The van der Waals surface area contributed by atoms with E-state index in [9.17, 15) is 4.39 Å². The Bertz CT molecular complexity index is 310. The van der Waals surface area contributed by atoms with Crippen LogP contribution in [0.4, 0.5) is 4.39 Å². The lowest BCUT2D eigenvalue weighted by Gasteiger charge is -2.13. The molecule has 1 aromatic heterocycles. The van der Waals surface area contributed by atoms with Gasteiger partial charge in [-0.2, -0.15) is 0 Å². The molecule has 90 valence electrons. The third-order valence-corrected chi connectivity index (χ3v) is 2.16. The Morgan fingerprint density at radius 3 is 3.00 bits per heavy atom. The number of aliphatic hydroxyl groups is 1. The summed E-state index contributed by atoms with van der Waals surface area (Å²) >= 11 is 0. The summed E-state index contributed by atoms with van der Waals surface area (Å²) in [6, 6.07) is 1.49. The molecule has 5 heteroatoms. The van der Waals surface area contributed by atoms with Crippen LogP contribution in [0.3, 0.4) is 0 Å². The van der Waals surface area contributed by atoms with Gasteiger partial charge in [0.1, 0.15) is 5.82 Å². The summed E-state index contributed by atoms with van der Waals surface area (Å²) in [5.41, 5.74) is 0.808. The quantitative estimate of drug-likeness (QED) is 0.680. The Morgan fingerprint density at radius 1 is 1.50 bits per heavy atom. The van der Waals surface area contributed by atoms with Gasteiger partial charge in [0, 0.05) is 18.8 Å². The number of hydrogen-bond donors (Lipinski definition) is 2. The second-order valence-corrected chi connectivity index (χ2v) is 3.45. The van der Waals surface area contributed by atoms with Crippen LogP contribution in [0.2, 0.25) is 0 Å². The summed E-state index contributed by atoms with van der Waals surface area (Å²) in [5, 5.41) is 11.7. The standard InChI is InChI=1S/C11H17FN2O2/c1-9(14-2-4-16-5-3-15)10-6-11(12)8-13-7-10/h6-9,14-15H,2-5H2,1H3. The van der Waals surface area contributed by atoms with Crippen molar-refractivity contribution in [2.45, 2.75) is 13.0 Å². The minimum Gasteiger partial charge on any atom is -0.394 e. The van der Waals surface area contributed by atoms with Crippen molar-refractivity contribution in [3.05, 3.63) is 29.8 Å². The fourth-order valence-electron chi connectivity index (χ4n) is 1.30. The van der Waals surface area contributed by atoms with Gasteiger partial charge in [-0.15, -0.1) is 0 Å². The van der Waals surface area contributed by atoms with E-state index in [1.54, 1.807) is 6.20 Å². The van der Waals surface area contributed by atoms with Gasteiger partial charge in [-0.3, -0.25) is 4.98 Å². The molecule has 4 nitrogen and oxygen atoms in total. The normalized spacial score (nSPS) is 12.7. The van der Waals surface area contributed by atoms with Crippen molar-refractivity contribution in [1.29, 1.82) is 0 Å². The number of hydrogen-bond acceptors (Lipinski definition) is 4. The van der Waals surface area contributed by atoms with E-state index >= 15 is 0 Å². The molecule has 1 unspecified atom stereocenters. The summed E-state index contributed by atoms with van der Waals surface area (Å²) < 4.78 is 18.0. The van der Waals surface area contributed by atoms with E-state index in [0.717, 1.165) is 5.56 Å². The molecule has 2 N–H and O–H groups in total. The van der Waals surface area contributed by atoms with Gasteiger partial charge < -0.3 is 15.2 Å². The first-order chi connectivity index (χ1) is 7.74. The van der Waals surface area contributed by atoms with E-state index in [1.807, 2.05) is 6.92 Å². The lowest BCUT2D eigenvalue weighted by molar-refractivity contribution is 0.0928. The average molecular weight is 228 g/mol. The third kappa shape index (κ3) is 4.65. The zero-order valence-electron chi connectivity index (χ0n) is 9.32. The van der Waals surface area contributed by atoms with E-state index in [2.05, 4.69) is 10.3 Å². The topological polar surface area (TPSA) is 54.4 Å². The predicted molar refractivity (Wildman–Crippen MR) is 58.5 cm³/mol. The SMILES string of the molecule is CC(NCCOCCO)c1cncc(F)c1. The summed E-state index contributed by atoms with van der Waals surface area (Å²) in [5.74, 6) is -0.331. The monoisotopic (exact) mass is 228 g/mol. The zero-order chi connectivity index (χ0) is 11.8. The van der Waals surface area contributed by atoms with Crippen molar-refractivity contribution < 1.29 is 14.2 Å². The molecule has 0 aliphatic carbocycles. The Labute approximate surface area is 94.5 Å². The molecule has 0 radical (unpaired) electrons. The minimum atomic E-state index is -0.331. The number of aromatic nitrogens is 1. The highest BCUT2D eigenvalue weighted by Gasteiger charge is 2.05. The highest BCUT2D eigenvalue weighted by molar-refractivity contribution is 5.14. The van der Waals surface area contributed by atoms with Gasteiger partial charge >= 0.3 is 0 Å². The van der Waals surface area contributed by atoms with Gasteiger partial charge in [-0.05, 0) is 18.6 Å². The molecular formula is C11H17FN2O2. The fraction of sp³-hybridized carbons (Fsp3) is 0.545. The molecule has 1 heterocycles. The molecule has 0 spiro atoms. The van der Waals surface area contributed by atoms with Crippen LogP contribution in [0, 0.1) is 5.82 Å². The lowest BCUT2D eigenvalue weighted by atomic mass is 10.1. The number of halogens is 1. The van der Waals surface area contributed by atoms with Crippen molar-refractivity contribution in [3.63, 3.8) is 0 Å². The second kappa shape index (κ2) is 7.27. The first-order valence-electron chi connectivity index (χ1n) is 5.26. The molecule has 0 saturated carbocycles. The van der Waals surface area contributed by atoms with Crippen molar-refractivity contribution >= 4 is 0 Å². The van der Waals surface area contributed by atoms with Crippen LogP contribution in [-0.4, -0.2) is 36.5 Å². The van der Waals surface area contributed by atoms with Crippen LogP contribution in [0.15, 0.2) is 18.5 Å². The molecule has 0 aliphatic heterocycles. The number of nitrogens with zero attached hydrogens (tertiary/aromatic N) is 1. The summed E-state index contributed by atoms with van der Waals surface area (Å²) in [7, 11) is 0. The van der Waals surface area contributed by atoms with Crippen LogP contribution in [0.1, 0.15) is 18.5 Å². The van der Waals surface area contributed by atoms with Crippen molar-refractivity contribution in [1.82, 2.24) is 10.3 Å². The van der Waals surface area contributed by atoms with Crippen LogP contribution in [-0.2, 0) is 4.74 Å². The maximum atomic E-state index is 12.9. The molecule has 1 rings (SSSR count). The minimum absolute atomic E-state index is 0.0286. The van der Waals surface area contributed by atoms with Crippen LogP contribution in [0.5, 0.6) is 0 Å². The second-order valence-electron chi connectivity index (χ2n) is 3.45. The van der Waals surface area contributed by atoms with Crippen molar-refractivity contribution in [3.8, 4) is 0 Å². The third-order valence-electron chi connectivity index (χ3n) is 2.16. The maximum absolute atomic E-state index is 12.9. The number of rotatable bonds is 7. The first-order valence-corrected chi connectivity index (χ1v) is 5.26. The van der Waals surface area contributed by atoms with E-state index in [-0.39, 0.29) is 18.5 Å².